The van der Waals surface area contributed by atoms with Gasteiger partial charge >= 0.3 is 0 Å². The Morgan fingerprint density at radius 3 is 2.77 bits per heavy atom. The van der Waals surface area contributed by atoms with Crippen molar-refractivity contribution in [3.63, 3.8) is 0 Å². The van der Waals surface area contributed by atoms with Gasteiger partial charge in [0.15, 0.2) is 17.3 Å². The number of phenols is 1. The van der Waals surface area contributed by atoms with E-state index in [2.05, 4.69) is 6.92 Å². The number of ether oxygens (including phenoxy) is 2. The van der Waals surface area contributed by atoms with Crippen molar-refractivity contribution in [3.8, 4) is 11.5 Å². The number of hydrogen-bond donors (Lipinski definition) is 1. The van der Waals surface area contributed by atoms with Gasteiger partial charge in [0.05, 0.1) is 7.11 Å². The van der Waals surface area contributed by atoms with Gasteiger partial charge in [-0.15, -0.1) is 0 Å². The van der Waals surface area contributed by atoms with Crippen LogP contribution >= 0.6 is 0 Å². The van der Waals surface area contributed by atoms with Gasteiger partial charge in [0.2, 0.25) is 0 Å². The second kappa shape index (κ2) is 5.58. The number of rotatable bonds is 3. The molecule has 0 aliphatic heterocycles. The van der Waals surface area contributed by atoms with Crippen LogP contribution in [0.3, 0.4) is 0 Å². The largest absolute Gasteiger partial charge is 0.504 e. The first-order valence-corrected chi connectivity index (χ1v) is 8.02. The molecule has 22 heavy (non-hydrogen) atoms. The minimum atomic E-state index is -0.293. The predicted octanol–water partition coefficient (Wildman–Crippen LogP) is 2.99. The lowest BCUT2D eigenvalue weighted by Gasteiger charge is -2.49. The SMILES string of the molecule is CCC12CC(=O)C(OC)CC1CCc1ccc(OC)c(O)c12. The van der Waals surface area contributed by atoms with Crippen LogP contribution < -0.4 is 4.74 Å². The first-order chi connectivity index (χ1) is 10.6. The van der Waals surface area contributed by atoms with Crippen LogP contribution in [0.4, 0.5) is 0 Å². The summed E-state index contributed by atoms with van der Waals surface area (Å²) in [6, 6.07) is 3.86. The van der Waals surface area contributed by atoms with Crippen molar-refractivity contribution in [3.05, 3.63) is 23.3 Å². The molecule has 0 radical (unpaired) electrons. The molecule has 3 atom stereocenters. The lowest BCUT2D eigenvalue weighted by Crippen LogP contribution is -2.49. The summed E-state index contributed by atoms with van der Waals surface area (Å²) in [6.45, 7) is 2.11. The first kappa shape index (κ1) is 15.3. The van der Waals surface area contributed by atoms with E-state index in [0.717, 1.165) is 36.8 Å². The molecule has 0 amide bonds. The molecule has 0 aromatic heterocycles. The van der Waals surface area contributed by atoms with Crippen molar-refractivity contribution >= 4 is 5.78 Å². The zero-order valence-electron chi connectivity index (χ0n) is 13.5. The van der Waals surface area contributed by atoms with Gasteiger partial charge in [-0.05, 0) is 43.2 Å². The van der Waals surface area contributed by atoms with Gasteiger partial charge in [-0.25, -0.2) is 0 Å². The fourth-order valence-electron chi connectivity index (χ4n) is 4.56. The number of benzene rings is 1. The summed E-state index contributed by atoms with van der Waals surface area (Å²) in [5.74, 6) is 1.23. The van der Waals surface area contributed by atoms with Crippen molar-refractivity contribution in [1.29, 1.82) is 0 Å². The maximum atomic E-state index is 12.5. The lowest BCUT2D eigenvalue weighted by molar-refractivity contribution is -0.137. The van der Waals surface area contributed by atoms with Crippen LogP contribution in [0, 0.1) is 5.92 Å². The topological polar surface area (TPSA) is 55.8 Å². The molecule has 3 rings (SSSR count). The van der Waals surface area contributed by atoms with Crippen LogP contribution in [-0.4, -0.2) is 31.2 Å². The second-order valence-electron chi connectivity index (χ2n) is 6.50. The number of aryl methyl sites for hydroxylation is 1. The Morgan fingerprint density at radius 2 is 2.14 bits per heavy atom. The zero-order valence-corrected chi connectivity index (χ0v) is 13.5. The summed E-state index contributed by atoms with van der Waals surface area (Å²) < 4.78 is 10.7. The smallest absolute Gasteiger partial charge is 0.162 e. The van der Waals surface area contributed by atoms with Gasteiger partial charge in [0, 0.05) is 24.5 Å². The van der Waals surface area contributed by atoms with E-state index >= 15 is 0 Å². The standard InChI is InChI=1S/C18H24O4/c1-4-18-10-13(19)15(22-3)9-12(18)7-5-11-6-8-14(21-2)17(20)16(11)18/h6,8,12,15,20H,4-5,7,9-10H2,1-3H3. The molecule has 4 nitrogen and oxygen atoms in total. The fraction of sp³-hybridized carbons (Fsp3) is 0.611. The summed E-state index contributed by atoms with van der Waals surface area (Å²) >= 11 is 0. The molecule has 0 spiro atoms. The third-order valence-corrected chi connectivity index (χ3v) is 5.75. The van der Waals surface area contributed by atoms with Gasteiger partial charge in [0.25, 0.3) is 0 Å². The number of carbonyl (C=O) groups excluding carboxylic acids is 1. The number of ketones is 1. The third kappa shape index (κ3) is 2.04. The molecule has 1 saturated carbocycles. The molecule has 4 heteroatoms. The third-order valence-electron chi connectivity index (χ3n) is 5.75. The van der Waals surface area contributed by atoms with Crippen molar-refractivity contribution in [2.75, 3.05) is 14.2 Å². The van der Waals surface area contributed by atoms with Crippen molar-refractivity contribution in [2.45, 2.75) is 50.5 Å². The Morgan fingerprint density at radius 1 is 1.36 bits per heavy atom. The Hall–Kier alpha value is -1.55. The normalized spacial score (nSPS) is 30.6. The molecule has 1 aromatic rings. The molecule has 1 N–H and O–H groups in total. The number of methoxy groups -OCH3 is 2. The van der Waals surface area contributed by atoms with Crippen LogP contribution in [0.2, 0.25) is 0 Å². The molecular formula is C18H24O4. The Bertz CT molecular complexity index is 595. The van der Waals surface area contributed by atoms with Gasteiger partial charge in [-0.3, -0.25) is 4.79 Å². The molecule has 0 heterocycles. The number of carbonyl (C=O) groups is 1. The highest BCUT2D eigenvalue weighted by molar-refractivity contribution is 5.86. The number of phenolic OH excluding ortho intramolecular Hbond substituents is 1. The Balaban J connectivity index is 2.14. The first-order valence-electron chi connectivity index (χ1n) is 8.02. The lowest BCUT2D eigenvalue weighted by atomic mass is 9.55. The number of aromatic hydroxyl groups is 1. The van der Waals surface area contributed by atoms with Gasteiger partial charge in [-0.1, -0.05) is 13.0 Å². The fourth-order valence-corrected chi connectivity index (χ4v) is 4.56. The van der Waals surface area contributed by atoms with Gasteiger partial charge in [-0.2, -0.15) is 0 Å². The zero-order chi connectivity index (χ0) is 15.9. The van der Waals surface area contributed by atoms with Crippen LogP contribution in [0.1, 0.15) is 43.7 Å². The number of Topliss-reactive ketones (excluding diaryl/α,β-unsaturated/α-hetero) is 1. The monoisotopic (exact) mass is 304 g/mol. The maximum Gasteiger partial charge on any atom is 0.162 e. The molecule has 0 saturated heterocycles. The summed E-state index contributed by atoms with van der Waals surface area (Å²) in [4.78, 5) is 12.5. The summed E-state index contributed by atoms with van der Waals surface area (Å²) in [5, 5.41) is 10.7. The van der Waals surface area contributed by atoms with Crippen molar-refractivity contribution in [2.24, 2.45) is 5.92 Å². The molecule has 2 aliphatic carbocycles. The molecule has 3 unspecified atom stereocenters. The van der Waals surface area contributed by atoms with Crippen LogP contribution in [0.5, 0.6) is 11.5 Å². The van der Waals surface area contributed by atoms with Gasteiger partial charge < -0.3 is 14.6 Å². The summed E-state index contributed by atoms with van der Waals surface area (Å²) in [7, 11) is 3.17. The van der Waals surface area contributed by atoms with E-state index in [-0.39, 0.29) is 23.1 Å². The van der Waals surface area contributed by atoms with E-state index < -0.39 is 0 Å². The summed E-state index contributed by atoms with van der Waals surface area (Å²) in [6.07, 6.45) is 3.72. The molecule has 0 bridgehead atoms. The van der Waals surface area contributed by atoms with Crippen molar-refractivity contribution in [1.82, 2.24) is 0 Å². The van der Waals surface area contributed by atoms with Gasteiger partial charge in [0.1, 0.15) is 6.10 Å². The van der Waals surface area contributed by atoms with Crippen LogP contribution in [0.25, 0.3) is 0 Å². The average Bonchev–Trinajstić information content (AvgIpc) is 2.54. The molecule has 120 valence electrons. The minimum Gasteiger partial charge on any atom is -0.504 e. The van der Waals surface area contributed by atoms with E-state index in [4.69, 9.17) is 9.47 Å². The van der Waals surface area contributed by atoms with Crippen LogP contribution in [-0.2, 0) is 21.4 Å². The van der Waals surface area contributed by atoms with E-state index in [0.29, 0.717) is 18.1 Å². The van der Waals surface area contributed by atoms with E-state index in [1.54, 1.807) is 14.2 Å². The summed E-state index contributed by atoms with van der Waals surface area (Å²) in [5.41, 5.74) is 1.81. The highest BCUT2D eigenvalue weighted by Crippen LogP contribution is 2.55. The average molecular weight is 304 g/mol. The van der Waals surface area contributed by atoms with E-state index in [9.17, 15) is 9.90 Å². The Kier molecular flexibility index (Phi) is 3.89. The van der Waals surface area contributed by atoms with E-state index in [1.165, 1.54) is 0 Å². The predicted molar refractivity (Wildman–Crippen MR) is 83.5 cm³/mol. The highest BCUT2D eigenvalue weighted by atomic mass is 16.5. The quantitative estimate of drug-likeness (QED) is 0.932. The molecule has 1 fully saturated rings. The molecular weight excluding hydrogens is 280 g/mol. The number of fused-ring (bicyclic) bond motifs is 3. The highest BCUT2D eigenvalue weighted by Gasteiger charge is 2.51. The molecule has 2 aliphatic rings. The van der Waals surface area contributed by atoms with Crippen molar-refractivity contribution < 1.29 is 19.4 Å². The Labute approximate surface area is 131 Å². The molecule has 1 aromatic carbocycles. The second-order valence-corrected chi connectivity index (χ2v) is 6.50. The van der Waals surface area contributed by atoms with Crippen LogP contribution in [0.15, 0.2) is 12.1 Å². The minimum absolute atomic E-state index is 0.149. The number of hydrogen-bond acceptors (Lipinski definition) is 4. The maximum absolute atomic E-state index is 12.5. The van der Waals surface area contributed by atoms with E-state index in [1.807, 2.05) is 12.1 Å².